The maximum Gasteiger partial charge on any atom is 0.335 e. The fourth-order valence-electron chi connectivity index (χ4n) is 18.9. The van der Waals surface area contributed by atoms with E-state index in [-0.39, 0.29) is 0 Å². The highest BCUT2D eigenvalue weighted by Crippen LogP contribution is 2.54. The summed E-state index contributed by atoms with van der Waals surface area (Å²) in [5.41, 5.74) is 27.2. The monoisotopic (exact) mass is 2350 g/mol. The van der Waals surface area contributed by atoms with Gasteiger partial charge in [-0.3, -0.25) is 4.57 Å². The lowest BCUT2D eigenvalue weighted by atomic mass is 9.80. The normalized spacial score (nSPS) is 11.7. The van der Waals surface area contributed by atoms with Gasteiger partial charge in [0.1, 0.15) is 0 Å². The lowest BCUT2D eigenvalue weighted by molar-refractivity contribution is 0.219. The summed E-state index contributed by atoms with van der Waals surface area (Å²) in [6.07, 6.45) is 9.26. The first-order chi connectivity index (χ1) is 70.8. The molecule has 0 saturated carbocycles. The SMILES string of the molecule is BrCc1cccc(Br)c1.Brc1c2ccccc2c(-c2c3ccccc3c(Br)c3ccccc23)c2ccccc12.C/C(=C\c1ccccc1)c1cccc(-c2c3ccccc3c(-c3c4ccccc4c(-c4cccc(/C(C)=C/c5ccccc5)c4)c4ccccc34)c3ccccc23)c1.C/C(=C\c1ccccc1)c1cccc(Br)c1.C/C(=C\c1ccccc1)c1cccc(Br)c1.CCOP(=O)(Cc1cccc(Br)c1)OCC. The van der Waals surface area contributed by atoms with E-state index >= 15 is 0 Å². The fraction of sp³-hybridized carbons (Fsp3) is 0.0746. The molecular formula is C134H106Br7O3P. The average molecular weight is 2350 g/mol. The van der Waals surface area contributed by atoms with Gasteiger partial charge in [-0.2, -0.15) is 0 Å². The Bertz CT molecular complexity index is 7890. The van der Waals surface area contributed by atoms with Crippen LogP contribution in [0.4, 0.5) is 0 Å². The van der Waals surface area contributed by atoms with E-state index in [4.69, 9.17) is 9.05 Å². The molecular weight excluding hydrogens is 2250 g/mol. The smallest absolute Gasteiger partial charge is 0.309 e. The van der Waals surface area contributed by atoms with Gasteiger partial charge in [0.15, 0.2) is 0 Å². The van der Waals surface area contributed by atoms with Gasteiger partial charge >= 0.3 is 7.60 Å². The van der Waals surface area contributed by atoms with E-state index in [9.17, 15) is 4.57 Å². The van der Waals surface area contributed by atoms with Crippen LogP contribution in [0.1, 0.15) is 97.2 Å². The Hall–Kier alpha value is -12.6. The molecule has 714 valence electrons. The zero-order chi connectivity index (χ0) is 101. The molecule has 11 heteroatoms. The van der Waals surface area contributed by atoms with E-state index in [1.165, 1.54) is 203 Å². The van der Waals surface area contributed by atoms with Gasteiger partial charge in [0, 0.05) is 32.2 Å². The van der Waals surface area contributed by atoms with Crippen LogP contribution in [0.15, 0.2) is 488 Å². The van der Waals surface area contributed by atoms with Crippen molar-refractivity contribution in [2.45, 2.75) is 53.0 Å². The number of fused-ring (bicyclic) bond motifs is 8. The van der Waals surface area contributed by atoms with Gasteiger partial charge in [-0.05, 0) is 343 Å². The average Bonchev–Trinajstić information content (AvgIpc) is 0.712. The van der Waals surface area contributed by atoms with Crippen LogP contribution in [0.25, 0.3) is 177 Å². The van der Waals surface area contributed by atoms with Gasteiger partial charge in [0.2, 0.25) is 0 Å². The van der Waals surface area contributed by atoms with Crippen LogP contribution in [0, 0.1) is 0 Å². The van der Waals surface area contributed by atoms with Crippen molar-refractivity contribution in [3.05, 3.63) is 544 Å². The molecule has 0 N–H and O–H groups in total. The Labute approximate surface area is 910 Å². The third-order valence-electron chi connectivity index (χ3n) is 25.6. The van der Waals surface area contributed by atoms with E-state index in [1.807, 2.05) is 74.5 Å². The standard InChI is InChI=1S/C58H42.C28H16Br2.2C15H13Br.C11H16BrO3P.C7H6Br2/c1-39(35-41-19-5-3-6-20-41)43-23-17-25-45(37-43)55-47-27-9-13-31-51(47)57(52-32-14-10-28-48(52)55)58-53-33-15-11-29-49(53)56(50-30-12-16-34-54(50)58)46-26-18-24-44(38-46)40(2)36-42-21-7-4-8-22-42;29-27-21-13-5-1-9-17(21)25(18-10-2-6-14-22(18)27)26-19-11-3-7-15-23(19)28(30)24-16-8-4-12-20(24)26;2*1-12(10-13-6-3-2-4-7-13)14-8-5-9-15(16)11-14;1-3-14-16(13,15-4-2)9-10-6-5-7-11(12)8-10;8-5-6-2-1-3-7(9)4-6/h3-38H,1-2H3;1-16H;2*2-11H,1H3;5-8H,3-4,9H2,1-2H3;1-4H,5H2/b39-35+,40-36+;;2*12-10+;;. The number of rotatable bonds is 19. The highest BCUT2D eigenvalue weighted by Gasteiger charge is 2.27. The Morgan fingerprint density at radius 2 is 0.434 bits per heavy atom. The van der Waals surface area contributed by atoms with Crippen LogP contribution in [-0.4, -0.2) is 13.2 Å². The number of halogens is 7. The second kappa shape index (κ2) is 50.0. The van der Waals surface area contributed by atoms with Gasteiger partial charge in [0.25, 0.3) is 0 Å². The molecule has 0 radical (unpaired) electrons. The topological polar surface area (TPSA) is 35.5 Å². The van der Waals surface area contributed by atoms with E-state index in [1.54, 1.807) is 0 Å². The minimum absolute atomic E-state index is 0.314. The van der Waals surface area contributed by atoms with Gasteiger partial charge < -0.3 is 9.05 Å². The second-order valence-corrected chi connectivity index (χ2v) is 43.2. The Morgan fingerprint density at radius 1 is 0.228 bits per heavy atom. The van der Waals surface area contributed by atoms with Crippen LogP contribution < -0.4 is 0 Å². The molecule has 0 saturated heterocycles. The quantitative estimate of drug-likeness (QED) is 0.0350. The molecule has 0 heterocycles. The van der Waals surface area contributed by atoms with Crippen molar-refractivity contribution in [3.63, 3.8) is 0 Å². The molecule has 0 aliphatic heterocycles. The van der Waals surface area contributed by atoms with Crippen molar-refractivity contribution in [2.75, 3.05) is 13.2 Å². The highest BCUT2D eigenvalue weighted by atomic mass is 79.9. The lowest BCUT2D eigenvalue weighted by Crippen LogP contribution is -1.99. The molecule has 0 fully saturated rings. The summed E-state index contributed by atoms with van der Waals surface area (Å²) in [4.78, 5) is 0. The zero-order valence-electron chi connectivity index (χ0n) is 81.3. The predicted molar refractivity (Wildman–Crippen MR) is 654 cm³/mol. The van der Waals surface area contributed by atoms with E-state index < -0.39 is 7.60 Å². The minimum Gasteiger partial charge on any atom is -0.309 e. The van der Waals surface area contributed by atoms with Crippen molar-refractivity contribution in [3.8, 4) is 44.5 Å². The Balaban J connectivity index is 0.000000137. The molecule has 0 atom stereocenters. The molecule has 145 heavy (non-hydrogen) atoms. The van der Waals surface area contributed by atoms with Gasteiger partial charge in [-0.25, -0.2) is 0 Å². The summed E-state index contributed by atoms with van der Waals surface area (Å²) >= 11 is 24.9. The number of alkyl halides is 1. The molecule has 22 rings (SSSR count). The molecule has 0 aliphatic rings. The maximum absolute atomic E-state index is 12.2. The lowest BCUT2D eigenvalue weighted by Gasteiger charge is -2.22. The summed E-state index contributed by atoms with van der Waals surface area (Å²) in [7, 11) is -2.98. The molecule has 0 bridgehead atoms. The first-order valence-corrected chi connectivity index (χ1v) is 56.1. The molecule has 0 amide bonds. The third-order valence-corrected chi connectivity index (χ3v) is 31.9. The third kappa shape index (κ3) is 25.4. The molecule has 3 nitrogen and oxygen atoms in total. The Kier molecular flexibility index (Phi) is 35.8. The first kappa shape index (κ1) is 104. The van der Waals surface area contributed by atoms with E-state index in [0.29, 0.717) is 19.4 Å². The molecule has 0 aromatic heterocycles. The molecule has 0 spiro atoms. The number of hydrogen-bond acceptors (Lipinski definition) is 3. The summed E-state index contributed by atoms with van der Waals surface area (Å²) in [6, 6.07) is 164. The van der Waals surface area contributed by atoms with Crippen molar-refractivity contribution in [1.82, 2.24) is 0 Å². The first-order valence-electron chi connectivity index (χ1n) is 48.5. The summed E-state index contributed by atoms with van der Waals surface area (Å²) in [5.74, 6) is 0. The van der Waals surface area contributed by atoms with Crippen LogP contribution in [0.3, 0.4) is 0 Å². The summed E-state index contributed by atoms with van der Waals surface area (Å²) in [6.45, 7) is 13.1. The van der Waals surface area contributed by atoms with Crippen LogP contribution in [0.5, 0.6) is 0 Å². The summed E-state index contributed by atoms with van der Waals surface area (Å²) < 4.78 is 29.3. The van der Waals surface area contributed by atoms with Gasteiger partial charge in [0.05, 0.1) is 19.4 Å². The number of benzene rings is 22. The van der Waals surface area contributed by atoms with E-state index in [0.717, 1.165) is 37.7 Å². The number of hydrogen-bond donors (Lipinski definition) is 0. The van der Waals surface area contributed by atoms with Gasteiger partial charge in [-0.15, -0.1) is 0 Å². The molecule has 0 aliphatic carbocycles. The zero-order valence-corrected chi connectivity index (χ0v) is 93.3. The van der Waals surface area contributed by atoms with Crippen molar-refractivity contribution < 1.29 is 13.6 Å². The summed E-state index contributed by atoms with van der Waals surface area (Å²) in [5, 5.41) is 21.0. The van der Waals surface area contributed by atoms with Crippen LogP contribution >= 0.6 is 119 Å². The largest absolute Gasteiger partial charge is 0.335 e. The molecule has 22 aromatic carbocycles. The van der Waals surface area contributed by atoms with Crippen LogP contribution in [-0.2, 0) is 25.1 Å². The highest BCUT2D eigenvalue weighted by molar-refractivity contribution is 9.11. The molecule has 22 aromatic rings. The van der Waals surface area contributed by atoms with Crippen LogP contribution in [0.2, 0.25) is 0 Å². The maximum atomic E-state index is 12.2. The van der Waals surface area contributed by atoms with E-state index in [2.05, 4.69) is 564 Å². The minimum atomic E-state index is -2.98. The van der Waals surface area contributed by atoms with Crippen molar-refractivity contribution in [1.29, 1.82) is 0 Å². The second-order valence-electron chi connectivity index (χ2n) is 35.4. The predicted octanol–water partition coefficient (Wildman–Crippen LogP) is 43.5. The van der Waals surface area contributed by atoms with Crippen molar-refractivity contribution in [2.24, 2.45) is 0 Å². The Morgan fingerprint density at radius 3 is 0.676 bits per heavy atom. The van der Waals surface area contributed by atoms with Crippen molar-refractivity contribution >= 4 is 252 Å². The van der Waals surface area contributed by atoms with Gasteiger partial charge in [-0.1, -0.05) is 504 Å². The molecule has 0 unspecified atom stereocenters. The fourth-order valence-corrected chi connectivity index (χ4v) is 24.1. The number of allylic oxidation sites excluding steroid dienone is 4.